The molecule has 0 bridgehead atoms. The molecule has 2 amide bonds. The van der Waals surface area contributed by atoms with E-state index in [9.17, 15) is 14.7 Å². The van der Waals surface area contributed by atoms with E-state index in [2.05, 4.69) is 59.1 Å². The van der Waals surface area contributed by atoms with Crippen molar-refractivity contribution in [2.24, 2.45) is 5.10 Å². The van der Waals surface area contributed by atoms with Gasteiger partial charge in [-0.1, -0.05) is 34.1 Å². The lowest BCUT2D eigenvalue weighted by molar-refractivity contribution is -0.136. The predicted molar refractivity (Wildman–Crippen MR) is 176 cm³/mol. The number of carbonyl (C=O) groups excluding carboxylic acids is 2. The molecule has 2 atom stereocenters. The molecule has 0 aliphatic carbocycles. The molecule has 3 aromatic carbocycles. The van der Waals surface area contributed by atoms with Crippen molar-refractivity contribution in [1.29, 1.82) is 5.26 Å². The zero-order chi connectivity index (χ0) is 33.2. The number of allylic oxidation sites excluding steroid dienone is 1. The minimum Gasteiger partial charge on any atom is -0.490 e. The summed E-state index contributed by atoms with van der Waals surface area (Å²) in [6.07, 6.45) is 0.318. The number of nitrogens with one attached hydrogen (secondary N) is 3. The Hall–Kier alpha value is -4.58. The van der Waals surface area contributed by atoms with Crippen LogP contribution in [0.2, 0.25) is 0 Å². The monoisotopic (exact) mass is 755 g/mol. The van der Waals surface area contributed by atoms with E-state index in [0.29, 0.717) is 50.7 Å². The van der Waals surface area contributed by atoms with Crippen LogP contribution in [0.4, 0.5) is 4.79 Å². The molecule has 0 unspecified atom stereocenters. The minimum absolute atomic E-state index is 0.183. The summed E-state index contributed by atoms with van der Waals surface area (Å²) in [5.74, 6) is 0.651. The molecule has 0 aromatic heterocycles. The highest BCUT2D eigenvalue weighted by Gasteiger charge is 2.32. The van der Waals surface area contributed by atoms with Gasteiger partial charge in [0, 0.05) is 15.7 Å². The molecule has 1 heterocycles. The van der Waals surface area contributed by atoms with E-state index in [-0.39, 0.29) is 18.8 Å². The van der Waals surface area contributed by atoms with Crippen LogP contribution in [0.3, 0.4) is 0 Å². The van der Waals surface area contributed by atoms with Crippen LogP contribution in [-0.2, 0) is 16.1 Å². The summed E-state index contributed by atoms with van der Waals surface area (Å²) in [7, 11) is 1.27. The molecule has 46 heavy (non-hydrogen) atoms. The van der Waals surface area contributed by atoms with Gasteiger partial charge in [-0.2, -0.15) is 10.4 Å². The molecule has 0 fully saturated rings. The van der Waals surface area contributed by atoms with Crippen LogP contribution in [0.25, 0.3) is 0 Å². The topological polar surface area (TPSA) is 164 Å². The summed E-state index contributed by atoms with van der Waals surface area (Å²) in [6.45, 7) is 3.83. The average molecular weight is 757 g/mol. The number of methoxy groups -OCH3 is 1. The van der Waals surface area contributed by atoms with E-state index in [1.807, 2.05) is 24.3 Å². The number of carbonyl (C=O) groups is 2. The second kappa shape index (κ2) is 16.1. The van der Waals surface area contributed by atoms with Crippen molar-refractivity contribution in [3.63, 3.8) is 0 Å². The van der Waals surface area contributed by atoms with E-state index in [0.717, 1.165) is 10.0 Å². The third-order valence-corrected chi connectivity index (χ3v) is 7.65. The summed E-state index contributed by atoms with van der Waals surface area (Å²) in [6, 6.07) is 16.6. The molecule has 1 aliphatic heterocycles. The van der Waals surface area contributed by atoms with Gasteiger partial charge in [0.15, 0.2) is 17.7 Å². The first-order valence-electron chi connectivity index (χ1n) is 14.0. The van der Waals surface area contributed by atoms with Gasteiger partial charge in [0.05, 0.1) is 47.7 Å². The number of esters is 1. The van der Waals surface area contributed by atoms with Crippen molar-refractivity contribution >= 4 is 50.1 Å². The molecule has 0 radical (unpaired) electrons. The number of rotatable bonds is 13. The van der Waals surface area contributed by atoms with Gasteiger partial charge in [-0.25, -0.2) is 9.59 Å². The lowest BCUT2D eigenvalue weighted by atomic mass is 9.95. The summed E-state index contributed by atoms with van der Waals surface area (Å²) in [5.41, 5.74) is 5.93. The van der Waals surface area contributed by atoms with E-state index >= 15 is 0 Å². The van der Waals surface area contributed by atoms with Gasteiger partial charge in [0.25, 0.3) is 0 Å². The minimum atomic E-state index is -1.19. The molecule has 4 N–H and O–H groups in total. The van der Waals surface area contributed by atoms with Crippen molar-refractivity contribution < 1.29 is 33.6 Å². The molecule has 1 aliphatic rings. The molecule has 0 saturated heterocycles. The Morgan fingerprint density at radius 1 is 1.13 bits per heavy atom. The number of nitriles is 1. The molecule has 240 valence electrons. The number of hydrogen-bond donors (Lipinski definition) is 4. The Labute approximate surface area is 282 Å². The van der Waals surface area contributed by atoms with E-state index < -0.39 is 24.3 Å². The number of halogens is 2. The Balaban J connectivity index is 1.42. The Morgan fingerprint density at radius 2 is 1.89 bits per heavy atom. The van der Waals surface area contributed by atoms with Crippen LogP contribution < -0.4 is 30.3 Å². The summed E-state index contributed by atoms with van der Waals surface area (Å²) in [5, 5.41) is 29.0. The first-order valence-corrected chi connectivity index (χ1v) is 15.6. The number of nitrogens with zero attached hydrogens (tertiary/aromatic N) is 2. The third-order valence-electron chi connectivity index (χ3n) is 6.60. The Morgan fingerprint density at radius 3 is 2.59 bits per heavy atom. The second-order valence-corrected chi connectivity index (χ2v) is 11.6. The highest BCUT2D eigenvalue weighted by Crippen LogP contribution is 2.35. The van der Waals surface area contributed by atoms with Gasteiger partial charge in [0.1, 0.15) is 19.0 Å². The van der Waals surface area contributed by atoms with Crippen molar-refractivity contribution in [2.75, 3.05) is 20.3 Å². The number of benzene rings is 3. The number of ether oxygens (including phenoxy) is 4. The van der Waals surface area contributed by atoms with Gasteiger partial charge in [-0.3, -0.25) is 5.43 Å². The Kier molecular flexibility index (Phi) is 12.0. The van der Waals surface area contributed by atoms with Crippen LogP contribution in [0, 0.1) is 11.3 Å². The quantitative estimate of drug-likeness (QED) is 0.0797. The molecule has 0 saturated carbocycles. The maximum atomic E-state index is 12.5. The molecular weight excluding hydrogens is 726 g/mol. The van der Waals surface area contributed by atoms with Crippen LogP contribution in [0.15, 0.2) is 79.9 Å². The van der Waals surface area contributed by atoms with Crippen LogP contribution >= 0.6 is 31.9 Å². The molecule has 4 rings (SSSR count). The van der Waals surface area contributed by atoms with Gasteiger partial charge < -0.3 is 34.7 Å². The first kappa shape index (κ1) is 34.3. The van der Waals surface area contributed by atoms with Crippen molar-refractivity contribution in [3.8, 4) is 23.3 Å². The Bertz CT molecular complexity index is 1690. The van der Waals surface area contributed by atoms with Gasteiger partial charge in [-0.05, 0) is 77.3 Å². The van der Waals surface area contributed by atoms with Crippen molar-refractivity contribution in [2.45, 2.75) is 32.7 Å². The summed E-state index contributed by atoms with van der Waals surface area (Å²) >= 11 is 7.00. The molecular formula is C32H31Br2N5O7. The number of hydrogen-bond acceptors (Lipinski definition) is 10. The van der Waals surface area contributed by atoms with Gasteiger partial charge in [0.2, 0.25) is 0 Å². The second-order valence-electron chi connectivity index (χ2n) is 9.82. The molecule has 0 spiro atoms. The van der Waals surface area contributed by atoms with E-state index in [1.165, 1.54) is 13.3 Å². The number of amides is 2. The summed E-state index contributed by atoms with van der Waals surface area (Å²) < 4.78 is 24.0. The standard InChI is InChI=1S/C32H31Br2N5O7/c1-4-44-26-12-21(29-28(31(41)43-3)18(2)37-32(42)38-29)9-10-25(26)45-17-27(40)39-36-15-22-11-23(33)13-24(34)30(22)46-16-20-7-5-19(14-35)6-8-20/h5-13,15,27,29,39-40H,4,16-17H2,1-3H3,(H2,37,38,42)/b36-15+/t27-,29+/m1/s1. The highest BCUT2D eigenvalue weighted by molar-refractivity contribution is 9.11. The normalized spacial score (nSPS) is 15.0. The first-order chi connectivity index (χ1) is 22.1. The largest absolute Gasteiger partial charge is 0.490 e. The fraction of sp³-hybridized carbons (Fsp3) is 0.250. The molecule has 12 nitrogen and oxygen atoms in total. The summed E-state index contributed by atoms with van der Waals surface area (Å²) in [4.78, 5) is 24.6. The fourth-order valence-electron chi connectivity index (χ4n) is 4.47. The van der Waals surface area contributed by atoms with Crippen LogP contribution in [0.5, 0.6) is 17.2 Å². The molecule has 14 heteroatoms. The predicted octanol–water partition coefficient (Wildman–Crippen LogP) is 5.18. The molecule has 3 aromatic rings. The lowest BCUT2D eigenvalue weighted by Gasteiger charge is -2.28. The van der Waals surface area contributed by atoms with Crippen molar-refractivity contribution in [1.82, 2.24) is 16.1 Å². The highest BCUT2D eigenvalue weighted by atomic mass is 79.9. The maximum absolute atomic E-state index is 12.5. The zero-order valence-corrected chi connectivity index (χ0v) is 28.3. The smallest absolute Gasteiger partial charge is 0.337 e. The third kappa shape index (κ3) is 8.78. The van der Waals surface area contributed by atoms with E-state index in [4.69, 9.17) is 24.2 Å². The maximum Gasteiger partial charge on any atom is 0.337 e. The number of hydrazone groups is 1. The number of urea groups is 1. The average Bonchev–Trinajstić information content (AvgIpc) is 3.03. The van der Waals surface area contributed by atoms with Gasteiger partial charge >= 0.3 is 12.0 Å². The number of aliphatic hydroxyl groups is 1. The fourth-order valence-corrected chi connectivity index (χ4v) is 5.85. The van der Waals surface area contributed by atoms with Crippen molar-refractivity contribution in [3.05, 3.63) is 97.1 Å². The van der Waals surface area contributed by atoms with Crippen LogP contribution in [-0.4, -0.2) is 49.9 Å². The lowest BCUT2D eigenvalue weighted by Crippen LogP contribution is -2.45. The zero-order valence-electron chi connectivity index (χ0n) is 25.1. The van der Waals surface area contributed by atoms with Gasteiger partial charge in [-0.15, -0.1) is 0 Å². The van der Waals surface area contributed by atoms with E-state index in [1.54, 1.807) is 44.2 Å². The SMILES string of the molecule is CCOc1cc([C@@H]2NC(=O)NC(C)=C2C(=O)OC)ccc1OC[C@@H](O)N/N=C/c1cc(Br)cc(Br)c1OCc1ccc(C#N)cc1. The van der Waals surface area contributed by atoms with Crippen LogP contribution in [0.1, 0.15) is 42.1 Å². The number of aliphatic hydroxyl groups excluding tert-OH is 1.